The zero-order valence-corrected chi connectivity index (χ0v) is 11.6. The Morgan fingerprint density at radius 3 is 2.81 bits per heavy atom. The number of anilines is 1. The van der Waals surface area contributed by atoms with Crippen molar-refractivity contribution in [2.75, 3.05) is 23.4 Å². The number of nitrogens with zero attached hydrogens (tertiary/aromatic N) is 1. The molecule has 0 radical (unpaired) electrons. The molecule has 0 aromatic heterocycles. The van der Waals surface area contributed by atoms with Gasteiger partial charge in [-0.2, -0.15) is 30.2 Å². The summed E-state index contributed by atoms with van der Waals surface area (Å²) in [7, 11) is 0. The monoisotopic (exact) mass is 315 g/mol. The summed E-state index contributed by atoms with van der Waals surface area (Å²) in [6.07, 6.45) is -4.63. The topological polar surface area (TPSA) is 64.9 Å². The Morgan fingerprint density at radius 1 is 1.48 bits per heavy atom. The molecule has 1 aromatic rings. The lowest BCUT2D eigenvalue weighted by Gasteiger charge is -2.23. The van der Waals surface area contributed by atoms with Crippen molar-refractivity contribution in [3.05, 3.63) is 29.3 Å². The second kappa shape index (κ2) is 6.37. The van der Waals surface area contributed by atoms with E-state index >= 15 is 0 Å². The third-order valence-corrected chi connectivity index (χ3v) is 4.01. The van der Waals surface area contributed by atoms with Crippen LogP contribution in [0, 0.1) is 11.3 Å². The first-order chi connectivity index (χ1) is 9.91. The van der Waals surface area contributed by atoms with E-state index in [-0.39, 0.29) is 11.3 Å². The summed E-state index contributed by atoms with van der Waals surface area (Å²) >= 11 is 1.57. The van der Waals surface area contributed by atoms with Gasteiger partial charge in [0.15, 0.2) is 0 Å². The summed E-state index contributed by atoms with van der Waals surface area (Å²) in [5, 5.41) is 13.9. The Labute approximate surface area is 123 Å². The highest BCUT2D eigenvalue weighted by Crippen LogP contribution is 2.35. The second-order valence-electron chi connectivity index (χ2n) is 4.44. The number of nitrogens with one attached hydrogen (secondary N) is 2. The molecule has 2 rings (SSSR count). The highest BCUT2D eigenvalue weighted by Gasteiger charge is 2.35. The van der Waals surface area contributed by atoms with Crippen molar-refractivity contribution in [1.82, 2.24) is 5.32 Å². The van der Waals surface area contributed by atoms with Crippen LogP contribution >= 0.6 is 11.8 Å². The van der Waals surface area contributed by atoms with Crippen LogP contribution in [0.15, 0.2) is 18.2 Å². The van der Waals surface area contributed by atoms with Crippen molar-refractivity contribution in [2.45, 2.75) is 12.2 Å². The summed E-state index contributed by atoms with van der Waals surface area (Å²) in [6.45, 7) is 0.641. The van der Waals surface area contributed by atoms with Crippen molar-refractivity contribution in [2.24, 2.45) is 0 Å². The third-order valence-electron chi connectivity index (χ3n) is 2.95. The van der Waals surface area contributed by atoms with E-state index in [1.807, 2.05) is 0 Å². The number of hydrogen-bond acceptors (Lipinski definition) is 4. The number of benzene rings is 1. The molecule has 21 heavy (non-hydrogen) atoms. The molecule has 1 amide bonds. The summed E-state index contributed by atoms with van der Waals surface area (Å²) in [5.41, 5.74) is -1.45. The van der Waals surface area contributed by atoms with Crippen LogP contribution < -0.4 is 10.6 Å². The van der Waals surface area contributed by atoms with Crippen LogP contribution in [0.25, 0.3) is 0 Å². The first-order valence-corrected chi connectivity index (χ1v) is 7.30. The van der Waals surface area contributed by atoms with Crippen molar-refractivity contribution in [3.63, 3.8) is 0 Å². The minimum absolute atomic E-state index is 0.105. The number of nitriles is 1. The Bertz CT molecular complexity index is 577. The molecule has 1 atom stereocenters. The average Bonchev–Trinajstić information content (AvgIpc) is 2.47. The molecule has 1 aromatic carbocycles. The molecule has 112 valence electrons. The predicted octanol–water partition coefficient (Wildman–Crippen LogP) is 2.22. The largest absolute Gasteiger partial charge is 0.418 e. The molecular formula is C13H12F3N3OS. The lowest BCUT2D eigenvalue weighted by atomic mass is 10.1. The van der Waals surface area contributed by atoms with Crippen LogP contribution in [-0.2, 0) is 11.0 Å². The minimum Gasteiger partial charge on any atom is -0.324 e. The summed E-state index contributed by atoms with van der Waals surface area (Å²) in [5.74, 6) is 0.884. The van der Waals surface area contributed by atoms with Crippen molar-refractivity contribution < 1.29 is 18.0 Å². The molecule has 0 aliphatic carbocycles. The molecule has 1 unspecified atom stereocenters. The third kappa shape index (κ3) is 3.89. The number of thioether (sulfide) groups is 1. The van der Waals surface area contributed by atoms with Gasteiger partial charge in [0.25, 0.3) is 0 Å². The van der Waals surface area contributed by atoms with E-state index in [4.69, 9.17) is 5.26 Å². The molecule has 0 spiro atoms. The smallest absolute Gasteiger partial charge is 0.324 e. The van der Waals surface area contributed by atoms with E-state index in [9.17, 15) is 18.0 Å². The minimum atomic E-state index is -4.63. The summed E-state index contributed by atoms with van der Waals surface area (Å²) in [4.78, 5) is 12.0. The maximum Gasteiger partial charge on any atom is 0.418 e. The normalized spacial score (nSPS) is 18.9. The van der Waals surface area contributed by atoms with Gasteiger partial charge in [-0.1, -0.05) is 0 Å². The maximum atomic E-state index is 13.0. The molecule has 8 heteroatoms. The van der Waals surface area contributed by atoms with Gasteiger partial charge in [0.2, 0.25) is 5.91 Å². The lowest BCUT2D eigenvalue weighted by Crippen LogP contribution is -2.46. The second-order valence-corrected chi connectivity index (χ2v) is 5.59. The van der Waals surface area contributed by atoms with Crippen molar-refractivity contribution in [3.8, 4) is 6.07 Å². The molecule has 1 saturated heterocycles. The van der Waals surface area contributed by atoms with Gasteiger partial charge in [-0.15, -0.1) is 0 Å². The van der Waals surface area contributed by atoms with Crippen LogP contribution in [0.5, 0.6) is 0 Å². The highest BCUT2D eigenvalue weighted by atomic mass is 32.2. The number of halogens is 3. The number of alkyl halides is 3. The van der Waals surface area contributed by atoms with Gasteiger partial charge in [0.05, 0.1) is 28.9 Å². The van der Waals surface area contributed by atoms with Crippen molar-refractivity contribution >= 4 is 23.4 Å². The van der Waals surface area contributed by atoms with Crippen LogP contribution in [-0.4, -0.2) is 30.0 Å². The van der Waals surface area contributed by atoms with E-state index in [0.717, 1.165) is 17.9 Å². The van der Waals surface area contributed by atoms with Gasteiger partial charge in [-0.3, -0.25) is 4.79 Å². The van der Waals surface area contributed by atoms with Crippen LogP contribution in [0.4, 0.5) is 18.9 Å². The molecular weight excluding hydrogens is 303 g/mol. The van der Waals surface area contributed by atoms with Crippen LogP contribution in [0.1, 0.15) is 11.1 Å². The number of rotatable bonds is 2. The Balaban J connectivity index is 2.23. The Kier molecular flexibility index (Phi) is 4.75. The number of hydrogen-bond donors (Lipinski definition) is 2. The SMILES string of the molecule is N#Cc1ccc(NC(=O)C2CSCCN2)c(C(F)(F)F)c1. The maximum absolute atomic E-state index is 13.0. The zero-order chi connectivity index (χ0) is 15.5. The Morgan fingerprint density at radius 2 is 2.24 bits per heavy atom. The molecule has 1 heterocycles. The average molecular weight is 315 g/mol. The fourth-order valence-corrected chi connectivity index (χ4v) is 2.84. The molecule has 2 N–H and O–H groups in total. The van der Waals surface area contributed by atoms with Gasteiger partial charge in [-0.05, 0) is 18.2 Å². The fraction of sp³-hybridized carbons (Fsp3) is 0.385. The summed E-state index contributed by atoms with van der Waals surface area (Å²) in [6, 6.07) is 4.23. The molecule has 1 fully saturated rings. The van der Waals surface area contributed by atoms with Gasteiger partial charge in [0, 0.05) is 18.1 Å². The fourth-order valence-electron chi connectivity index (χ4n) is 1.91. The van der Waals surface area contributed by atoms with Crippen LogP contribution in [0.2, 0.25) is 0 Å². The first kappa shape index (κ1) is 15.7. The van der Waals surface area contributed by atoms with E-state index in [1.165, 1.54) is 6.07 Å². The van der Waals surface area contributed by atoms with Gasteiger partial charge in [-0.25, -0.2) is 0 Å². The zero-order valence-electron chi connectivity index (χ0n) is 10.8. The van der Waals surface area contributed by atoms with Gasteiger partial charge in [0.1, 0.15) is 0 Å². The number of carbonyl (C=O) groups is 1. The molecule has 4 nitrogen and oxygen atoms in total. The number of carbonyl (C=O) groups excluding carboxylic acids is 1. The highest BCUT2D eigenvalue weighted by molar-refractivity contribution is 7.99. The Hall–Kier alpha value is -1.72. The van der Waals surface area contributed by atoms with Gasteiger partial charge >= 0.3 is 6.18 Å². The van der Waals surface area contributed by atoms with E-state index in [0.29, 0.717) is 12.3 Å². The molecule has 1 aliphatic heterocycles. The van der Waals surface area contributed by atoms with Crippen molar-refractivity contribution in [1.29, 1.82) is 5.26 Å². The molecule has 0 bridgehead atoms. The van der Waals surface area contributed by atoms with Gasteiger partial charge < -0.3 is 10.6 Å². The first-order valence-electron chi connectivity index (χ1n) is 6.15. The predicted molar refractivity (Wildman–Crippen MR) is 73.9 cm³/mol. The molecule has 0 saturated carbocycles. The summed E-state index contributed by atoms with van der Waals surface area (Å²) < 4.78 is 38.9. The molecule has 1 aliphatic rings. The lowest BCUT2D eigenvalue weighted by molar-refractivity contribution is -0.137. The number of amides is 1. The van der Waals surface area contributed by atoms with E-state index in [2.05, 4.69) is 10.6 Å². The van der Waals surface area contributed by atoms with E-state index in [1.54, 1.807) is 17.8 Å². The quantitative estimate of drug-likeness (QED) is 0.878. The van der Waals surface area contributed by atoms with Crippen LogP contribution in [0.3, 0.4) is 0 Å². The van der Waals surface area contributed by atoms with E-state index < -0.39 is 23.7 Å². The standard InChI is InChI=1S/C13H12F3N3OS/c14-13(15,16)9-5-8(6-17)1-2-10(9)19-12(20)11-7-21-4-3-18-11/h1-2,5,11,18H,3-4,7H2,(H,19,20).